The van der Waals surface area contributed by atoms with E-state index in [1.165, 1.54) is 4.88 Å². The molecule has 2 rings (SSSR count). The predicted octanol–water partition coefficient (Wildman–Crippen LogP) is 3.11. The first-order valence-electron chi connectivity index (χ1n) is 6.82. The summed E-state index contributed by atoms with van der Waals surface area (Å²) < 4.78 is 10.8. The van der Waals surface area contributed by atoms with Gasteiger partial charge < -0.3 is 14.8 Å². The molecule has 0 saturated heterocycles. The van der Waals surface area contributed by atoms with Crippen LogP contribution in [-0.2, 0) is 17.8 Å². The monoisotopic (exact) mass is 291 g/mol. The van der Waals surface area contributed by atoms with E-state index in [1.807, 2.05) is 24.3 Å². The van der Waals surface area contributed by atoms with Crippen LogP contribution in [0.2, 0.25) is 0 Å². The highest BCUT2D eigenvalue weighted by molar-refractivity contribution is 7.09. The Morgan fingerprint density at radius 2 is 2.10 bits per heavy atom. The maximum atomic E-state index is 5.71. The molecule has 1 aromatic carbocycles. The van der Waals surface area contributed by atoms with Crippen molar-refractivity contribution >= 4 is 11.3 Å². The van der Waals surface area contributed by atoms with Gasteiger partial charge in [0.05, 0.1) is 6.61 Å². The lowest BCUT2D eigenvalue weighted by Gasteiger charge is -2.08. The molecule has 1 heterocycles. The average Bonchev–Trinajstić information content (AvgIpc) is 2.97. The molecule has 0 unspecified atom stereocenters. The standard InChI is InChI=1S/C16H21NO2S/c1-18-13-14-4-2-5-15(12-14)19-10-9-17-8-7-16-6-3-11-20-16/h2-6,11-12,17H,7-10,13H2,1H3. The predicted molar refractivity (Wildman–Crippen MR) is 83.5 cm³/mol. The minimum absolute atomic E-state index is 0.621. The molecule has 108 valence electrons. The van der Waals surface area contributed by atoms with Crippen LogP contribution in [0.15, 0.2) is 41.8 Å². The molecular formula is C16H21NO2S. The Balaban J connectivity index is 1.59. The van der Waals surface area contributed by atoms with Crippen molar-refractivity contribution < 1.29 is 9.47 Å². The summed E-state index contributed by atoms with van der Waals surface area (Å²) in [7, 11) is 1.70. The van der Waals surface area contributed by atoms with Crippen molar-refractivity contribution in [3.05, 3.63) is 52.2 Å². The van der Waals surface area contributed by atoms with Crippen LogP contribution in [-0.4, -0.2) is 26.8 Å². The van der Waals surface area contributed by atoms with Crippen molar-refractivity contribution in [2.45, 2.75) is 13.0 Å². The third kappa shape index (κ3) is 5.33. The first-order chi connectivity index (χ1) is 9.88. The molecule has 1 N–H and O–H groups in total. The van der Waals surface area contributed by atoms with Crippen LogP contribution >= 0.6 is 11.3 Å². The van der Waals surface area contributed by atoms with Crippen LogP contribution in [0.25, 0.3) is 0 Å². The highest BCUT2D eigenvalue weighted by atomic mass is 32.1. The van der Waals surface area contributed by atoms with E-state index in [0.29, 0.717) is 13.2 Å². The Kier molecular flexibility index (Phi) is 6.57. The molecule has 0 amide bonds. The second-order valence-electron chi connectivity index (χ2n) is 4.51. The van der Waals surface area contributed by atoms with E-state index in [1.54, 1.807) is 18.4 Å². The zero-order chi connectivity index (χ0) is 14.0. The maximum absolute atomic E-state index is 5.71. The van der Waals surface area contributed by atoms with Gasteiger partial charge in [0, 0.05) is 25.1 Å². The number of hydrogen-bond donors (Lipinski definition) is 1. The largest absolute Gasteiger partial charge is 0.492 e. The molecule has 0 spiro atoms. The molecule has 0 radical (unpaired) electrons. The van der Waals surface area contributed by atoms with Crippen molar-refractivity contribution in [1.29, 1.82) is 0 Å². The summed E-state index contributed by atoms with van der Waals surface area (Å²) in [6.07, 6.45) is 1.08. The van der Waals surface area contributed by atoms with Gasteiger partial charge in [-0.1, -0.05) is 18.2 Å². The minimum Gasteiger partial charge on any atom is -0.492 e. The van der Waals surface area contributed by atoms with Gasteiger partial charge in [-0.2, -0.15) is 0 Å². The van der Waals surface area contributed by atoms with Gasteiger partial charge in [0.15, 0.2) is 0 Å². The summed E-state index contributed by atoms with van der Waals surface area (Å²) in [4.78, 5) is 1.42. The van der Waals surface area contributed by atoms with E-state index in [0.717, 1.165) is 30.8 Å². The molecule has 3 nitrogen and oxygen atoms in total. The molecule has 0 aliphatic rings. The zero-order valence-electron chi connectivity index (χ0n) is 11.8. The number of rotatable bonds is 9. The van der Waals surface area contributed by atoms with E-state index >= 15 is 0 Å². The van der Waals surface area contributed by atoms with Crippen LogP contribution < -0.4 is 10.1 Å². The summed E-state index contributed by atoms with van der Waals surface area (Å²) in [5.74, 6) is 0.902. The van der Waals surface area contributed by atoms with E-state index in [2.05, 4.69) is 22.8 Å². The molecule has 20 heavy (non-hydrogen) atoms. The van der Waals surface area contributed by atoms with E-state index in [9.17, 15) is 0 Å². The summed E-state index contributed by atoms with van der Waals surface area (Å²) in [6, 6.07) is 12.3. The van der Waals surface area contributed by atoms with Crippen molar-refractivity contribution in [2.75, 3.05) is 26.8 Å². The lowest BCUT2D eigenvalue weighted by Crippen LogP contribution is -2.23. The summed E-state index contributed by atoms with van der Waals surface area (Å²) in [6.45, 7) is 3.16. The van der Waals surface area contributed by atoms with Crippen LogP contribution in [0.5, 0.6) is 5.75 Å². The van der Waals surface area contributed by atoms with Gasteiger partial charge in [-0.3, -0.25) is 0 Å². The Hall–Kier alpha value is -1.36. The number of benzene rings is 1. The number of hydrogen-bond acceptors (Lipinski definition) is 4. The van der Waals surface area contributed by atoms with Gasteiger partial charge in [0.25, 0.3) is 0 Å². The molecule has 0 bridgehead atoms. The highest BCUT2D eigenvalue weighted by Gasteiger charge is 1.97. The van der Waals surface area contributed by atoms with Gasteiger partial charge in [-0.05, 0) is 35.6 Å². The van der Waals surface area contributed by atoms with Crippen LogP contribution in [0.1, 0.15) is 10.4 Å². The summed E-state index contributed by atoms with van der Waals surface area (Å²) in [5, 5.41) is 5.51. The smallest absolute Gasteiger partial charge is 0.119 e. The van der Waals surface area contributed by atoms with Crippen molar-refractivity contribution in [2.24, 2.45) is 0 Å². The molecular weight excluding hydrogens is 270 g/mol. The van der Waals surface area contributed by atoms with Gasteiger partial charge in [0.2, 0.25) is 0 Å². The van der Waals surface area contributed by atoms with Crippen LogP contribution in [0, 0.1) is 0 Å². The van der Waals surface area contributed by atoms with Crippen molar-refractivity contribution in [3.63, 3.8) is 0 Å². The minimum atomic E-state index is 0.621. The van der Waals surface area contributed by atoms with Gasteiger partial charge >= 0.3 is 0 Å². The van der Waals surface area contributed by atoms with Crippen molar-refractivity contribution in [1.82, 2.24) is 5.32 Å². The second kappa shape index (κ2) is 8.74. The first-order valence-corrected chi connectivity index (χ1v) is 7.70. The number of thiophene rings is 1. The Bertz CT molecular complexity index is 485. The molecule has 0 aliphatic carbocycles. The fraction of sp³-hybridized carbons (Fsp3) is 0.375. The molecule has 0 fully saturated rings. The molecule has 0 saturated carbocycles. The lowest BCUT2D eigenvalue weighted by atomic mass is 10.2. The van der Waals surface area contributed by atoms with Crippen LogP contribution in [0.4, 0.5) is 0 Å². The third-order valence-electron chi connectivity index (χ3n) is 2.89. The van der Waals surface area contributed by atoms with E-state index in [4.69, 9.17) is 9.47 Å². The summed E-state index contributed by atoms with van der Waals surface area (Å²) in [5.41, 5.74) is 1.13. The lowest BCUT2D eigenvalue weighted by molar-refractivity contribution is 0.184. The van der Waals surface area contributed by atoms with E-state index in [-0.39, 0.29) is 0 Å². The molecule has 0 atom stereocenters. The van der Waals surface area contributed by atoms with Gasteiger partial charge in [0.1, 0.15) is 12.4 Å². The van der Waals surface area contributed by atoms with Crippen molar-refractivity contribution in [3.8, 4) is 5.75 Å². The molecule has 4 heteroatoms. The quantitative estimate of drug-likeness (QED) is 0.720. The van der Waals surface area contributed by atoms with Gasteiger partial charge in [-0.25, -0.2) is 0 Å². The topological polar surface area (TPSA) is 30.5 Å². The average molecular weight is 291 g/mol. The number of nitrogens with one attached hydrogen (secondary N) is 1. The Labute approximate surface area is 124 Å². The highest BCUT2D eigenvalue weighted by Crippen LogP contribution is 2.13. The number of methoxy groups -OCH3 is 1. The fourth-order valence-electron chi connectivity index (χ4n) is 1.92. The number of ether oxygens (including phenoxy) is 2. The Morgan fingerprint density at radius 1 is 1.15 bits per heavy atom. The molecule has 2 aromatic rings. The molecule has 0 aliphatic heterocycles. The van der Waals surface area contributed by atoms with E-state index < -0.39 is 0 Å². The first kappa shape index (κ1) is 15.0. The zero-order valence-corrected chi connectivity index (χ0v) is 12.6. The fourth-order valence-corrected chi connectivity index (χ4v) is 2.63. The maximum Gasteiger partial charge on any atom is 0.119 e. The van der Waals surface area contributed by atoms with Crippen LogP contribution in [0.3, 0.4) is 0 Å². The normalized spacial score (nSPS) is 10.7. The third-order valence-corrected chi connectivity index (χ3v) is 3.82. The Morgan fingerprint density at radius 3 is 2.90 bits per heavy atom. The van der Waals surface area contributed by atoms with Gasteiger partial charge in [-0.15, -0.1) is 11.3 Å². The second-order valence-corrected chi connectivity index (χ2v) is 5.54. The summed E-state index contributed by atoms with van der Waals surface area (Å²) >= 11 is 1.81. The SMILES string of the molecule is COCc1cccc(OCCNCCc2cccs2)c1. The molecule has 1 aromatic heterocycles.